The molecule has 192 valence electrons. The summed E-state index contributed by atoms with van der Waals surface area (Å²) >= 11 is 0. The van der Waals surface area contributed by atoms with Crippen molar-refractivity contribution in [2.75, 3.05) is 18.4 Å². The molecule has 7 heteroatoms. The van der Waals surface area contributed by atoms with Crippen LogP contribution in [-0.2, 0) is 11.8 Å². The average molecular weight is 498 g/mol. The van der Waals surface area contributed by atoms with E-state index in [9.17, 15) is 4.79 Å². The fourth-order valence-corrected chi connectivity index (χ4v) is 5.99. The number of ether oxygens (including phenoxy) is 1. The van der Waals surface area contributed by atoms with Crippen LogP contribution < -0.4 is 5.32 Å². The second-order valence-corrected chi connectivity index (χ2v) is 11.7. The van der Waals surface area contributed by atoms with Crippen LogP contribution in [0.4, 0.5) is 10.5 Å². The van der Waals surface area contributed by atoms with Crippen molar-refractivity contribution in [1.29, 1.82) is 0 Å². The van der Waals surface area contributed by atoms with Crippen LogP contribution in [0.15, 0.2) is 55.0 Å². The fourth-order valence-electron chi connectivity index (χ4n) is 5.99. The number of fused-ring (bicyclic) bond motifs is 2. The van der Waals surface area contributed by atoms with Crippen LogP contribution in [0.25, 0.3) is 33.1 Å². The smallest absolute Gasteiger partial charge is 0.410 e. The Kier molecular flexibility index (Phi) is 5.62. The first-order valence-corrected chi connectivity index (χ1v) is 13.3. The molecule has 1 aliphatic heterocycles. The van der Waals surface area contributed by atoms with Crippen LogP contribution in [0.5, 0.6) is 0 Å². The molecule has 37 heavy (non-hydrogen) atoms. The molecule has 2 aliphatic rings. The quantitative estimate of drug-likeness (QED) is 0.356. The molecule has 1 N–H and O–H groups in total. The van der Waals surface area contributed by atoms with Gasteiger partial charge in [0.1, 0.15) is 5.60 Å². The van der Waals surface area contributed by atoms with Crippen molar-refractivity contribution < 1.29 is 9.53 Å². The number of nitrogens with zero attached hydrogens (tertiary/aromatic N) is 4. The Morgan fingerprint density at radius 3 is 2.57 bits per heavy atom. The highest BCUT2D eigenvalue weighted by Crippen LogP contribution is 2.50. The van der Waals surface area contributed by atoms with Gasteiger partial charge < -0.3 is 19.5 Å². The molecule has 7 nitrogen and oxygen atoms in total. The maximum absolute atomic E-state index is 12.6. The highest BCUT2D eigenvalue weighted by Gasteiger charge is 2.49. The number of aromatic nitrogens is 3. The molecule has 1 amide bonds. The number of hydrogen-bond donors (Lipinski definition) is 1. The van der Waals surface area contributed by atoms with Gasteiger partial charge in [-0.1, -0.05) is 12.1 Å². The van der Waals surface area contributed by atoms with Crippen LogP contribution in [0.1, 0.15) is 46.5 Å². The topological polar surface area (TPSA) is 72.3 Å². The Bertz CT molecular complexity index is 1480. The van der Waals surface area contributed by atoms with Crippen LogP contribution in [0, 0.1) is 5.41 Å². The van der Waals surface area contributed by atoms with Crippen molar-refractivity contribution >= 4 is 33.7 Å². The lowest BCUT2D eigenvalue weighted by molar-refractivity contribution is -0.0109. The van der Waals surface area contributed by atoms with Crippen LogP contribution >= 0.6 is 0 Å². The van der Waals surface area contributed by atoms with E-state index in [1.54, 1.807) is 12.4 Å². The predicted octanol–water partition coefficient (Wildman–Crippen LogP) is 6.38. The van der Waals surface area contributed by atoms with E-state index in [-0.39, 0.29) is 11.5 Å². The van der Waals surface area contributed by atoms with Gasteiger partial charge in [0.25, 0.3) is 0 Å². The third-order valence-corrected chi connectivity index (χ3v) is 8.19. The summed E-state index contributed by atoms with van der Waals surface area (Å²) in [4.78, 5) is 23.8. The number of anilines is 1. The maximum Gasteiger partial charge on any atom is 0.410 e. The summed E-state index contributed by atoms with van der Waals surface area (Å²) in [6.07, 6.45) is 9.73. The van der Waals surface area contributed by atoms with Crippen LogP contribution in [-0.4, -0.2) is 50.3 Å². The summed E-state index contributed by atoms with van der Waals surface area (Å²) in [5, 5.41) is 5.09. The summed E-state index contributed by atoms with van der Waals surface area (Å²) < 4.78 is 7.75. The molecule has 1 unspecified atom stereocenters. The van der Waals surface area contributed by atoms with Gasteiger partial charge in [-0.25, -0.2) is 4.79 Å². The largest absolute Gasteiger partial charge is 0.444 e. The van der Waals surface area contributed by atoms with E-state index >= 15 is 0 Å². The second-order valence-electron chi connectivity index (χ2n) is 11.7. The normalized spacial score (nSPS) is 19.2. The zero-order valence-electron chi connectivity index (χ0n) is 22.1. The van der Waals surface area contributed by atoms with E-state index in [1.807, 2.05) is 25.7 Å². The third-order valence-electron chi connectivity index (χ3n) is 8.19. The van der Waals surface area contributed by atoms with Crippen molar-refractivity contribution in [3.63, 3.8) is 0 Å². The zero-order chi connectivity index (χ0) is 25.8. The summed E-state index contributed by atoms with van der Waals surface area (Å²) in [5.41, 5.74) is 6.06. The molecule has 2 aromatic heterocycles. The van der Waals surface area contributed by atoms with Crippen LogP contribution in [0.2, 0.25) is 0 Å². The number of aryl methyl sites for hydroxylation is 1. The van der Waals surface area contributed by atoms with Gasteiger partial charge in [-0.15, -0.1) is 0 Å². The molecule has 0 bridgehead atoms. The average Bonchev–Trinajstić information content (AvgIpc) is 3.25. The molecular weight excluding hydrogens is 462 g/mol. The van der Waals surface area contributed by atoms with E-state index in [0.717, 1.165) is 60.2 Å². The van der Waals surface area contributed by atoms with Gasteiger partial charge in [-0.2, -0.15) is 0 Å². The molecule has 3 heterocycles. The summed E-state index contributed by atoms with van der Waals surface area (Å²) in [6.45, 7) is 7.25. The van der Waals surface area contributed by atoms with Gasteiger partial charge in [-0.05, 0) is 87.1 Å². The highest BCUT2D eigenvalue weighted by atomic mass is 16.6. The molecule has 4 aromatic rings. The molecule has 2 aromatic carbocycles. The number of amides is 1. The van der Waals surface area contributed by atoms with E-state index in [4.69, 9.17) is 4.74 Å². The minimum Gasteiger partial charge on any atom is -0.444 e. The molecule has 0 radical (unpaired) electrons. The van der Waals surface area contributed by atoms with Gasteiger partial charge in [0.2, 0.25) is 0 Å². The first-order chi connectivity index (χ1) is 17.7. The summed E-state index contributed by atoms with van der Waals surface area (Å²) in [6, 6.07) is 13.4. The molecule has 1 saturated carbocycles. The Hall–Kier alpha value is -3.61. The number of carbonyl (C=O) groups excluding carboxylic acids is 1. The first-order valence-electron chi connectivity index (χ1n) is 13.3. The van der Waals surface area contributed by atoms with Gasteiger partial charge in [0, 0.05) is 61.5 Å². The van der Waals surface area contributed by atoms with Crippen molar-refractivity contribution in [3.05, 3.63) is 55.0 Å². The summed E-state index contributed by atoms with van der Waals surface area (Å²) in [7, 11) is 2.08. The number of carbonyl (C=O) groups is 1. The van der Waals surface area contributed by atoms with Gasteiger partial charge in [0.05, 0.1) is 11.0 Å². The van der Waals surface area contributed by atoms with E-state index in [2.05, 4.69) is 69.5 Å². The lowest BCUT2D eigenvalue weighted by atomic mass is 9.59. The van der Waals surface area contributed by atoms with Crippen molar-refractivity contribution in [2.24, 2.45) is 12.5 Å². The standard InChI is InChI=1S/C30H35N5O2/c1-29(2,3)37-28(36)35-15-10-30(11-16-35)9-7-26(30)33-22-18-23(27-24(19-22)31-12-13-32-27)21-6-5-20-8-14-34(4)25(20)17-21/h5-6,8,12-14,17-19,26,33H,7,9-11,15-16H2,1-4H3. The number of benzene rings is 2. The minimum absolute atomic E-state index is 0.195. The highest BCUT2D eigenvalue weighted by molar-refractivity contribution is 5.97. The monoisotopic (exact) mass is 497 g/mol. The predicted molar refractivity (Wildman–Crippen MR) is 148 cm³/mol. The van der Waals surface area contributed by atoms with Gasteiger partial charge >= 0.3 is 6.09 Å². The van der Waals surface area contributed by atoms with Gasteiger partial charge in [-0.3, -0.25) is 9.97 Å². The Morgan fingerprint density at radius 2 is 1.84 bits per heavy atom. The Morgan fingerprint density at radius 1 is 1.05 bits per heavy atom. The molecule has 6 rings (SSSR count). The Labute approximate surface area is 217 Å². The van der Waals surface area contributed by atoms with Crippen molar-refractivity contribution in [1.82, 2.24) is 19.4 Å². The molecule has 1 spiro atoms. The lowest BCUT2D eigenvalue weighted by Crippen LogP contribution is -2.56. The molecule has 1 atom stereocenters. The zero-order valence-corrected chi connectivity index (χ0v) is 22.1. The maximum atomic E-state index is 12.6. The first kappa shape index (κ1) is 23.8. The Balaban J connectivity index is 1.25. The summed E-state index contributed by atoms with van der Waals surface area (Å²) in [5.74, 6) is 0. The second kappa shape index (κ2) is 8.75. The molecule has 2 fully saturated rings. The lowest BCUT2D eigenvalue weighted by Gasteiger charge is -2.54. The fraction of sp³-hybridized carbons (Fsp3) is 0.433. The molecule has 1 aliphatic carbocycles. The van der Waals surface area contributed by atoms with E-state index in [0.29, 0.717) is 6.04 Å². The van der Waals surface area contributed by atoms with Crippen molar-refractivity contribution in [3.8, 4) is 11.1 Å². The third kappa shape index (κ3) is 4.41. The molecule has 1 saturated heterocycles. The number of nitrogens with one attached hydrogen (secondary N) is 1. The molecular formula is C30H35N5O2. The number of likely N-dealkylation sites (tertiary alicyclic amines) is 1. The van der Waals surface area contributed by atoms with Gasteiger partial charge in [0.15, 0.2) is 0 Å². The van der Waals surface area contributed by atoms with E-state index in [1.165, 1.54) is 17.3 Å². The van der Waals surface area contributed by atoms with Crippen LogP contribution in [0.3, 0.4) is 0 Å². The minimum atomic E-state index is -0.464. The number of rotatable bonds is 3. The number of hydrogen-bond acceptors (Lipinski definition) is 5. The van der Waals surface area contributed by atoms with E-state index < -0.39 is 5.60 Å². The SMILES string of the molecule is Cn1ccc2ccc(-c3cc(NC4CCC45CCN(C(=O)OC(C)(C)C)CC5)cc4nccnc34)cc21. The van der Waals surface area contributed by atoms with Crippen molar-refractivity contribution in [2.45, 2.75) is 58.1 Å². The number of piperidine rings is 1.